The number of rotatable bonds is 12. The van der Waals surface area contributed by atoms with Crippen molar-refractivity contribution in [2.24, 2.45) is 39.6 Å². The molecule has 0 aliphatic rings. The van der Waals surface area contributed by atoms with Gasteiger partial charge in [-0.3, -0.25) is 0 Å². The van der Waals surface area contributed by atoms with Gasteiger partial charge in [0, 0.05) is 22.3 Å². The standard InChI is InChI=1S/C32H36N8O4Si/c1-21-9-5-13-25(29(21)41)17-33-37-45(38-34-18-26-14-6-10-22(2)30(26)42,39-35-19-27-15-7-11-23(3)31(27)43)40-36-20-28-16-8-12-24(4)32(28)44/h5-16,41-44H,17-20H2,1-4H3. The molecule has 0 saturated carbocycles. The average Bonchev–Trinajstić information content (AvgIpc) is 3.01. The van der Waals surface area contributed by atoms with Gasteiger partial charge in [-0.25, -0.2) is 0 Å². The first-order valence-electron chi connectivity index (χ1n) is 14.2. The lowest BCUT2D eigenvalue weighted by atomic mass is 10.1. The largest absolute Gasteiger partial charge is 0.650 e. The van der Waals surface area contributed by atoms with Crippen LogP contribution in [0.5, 0.6) is 23.0 Å². The number of hydrogen-bond donors (Lipinski definition) is 4. The number of hydrogen-bond acceptors (Lipinski definition) is 12. The third kappa shape index (κ3) is 8.41. The van der Waals surface area contributed by atoms with Crippen LogP contribution in [0.2, 0.25) is 0 Å². The minimum atomic E-state index is -4.03. The monoisotopic (exact) mass is 624 g/mol. The van der Waals surface area contributed by atoms with Gasteiger partial charge in [0.15, 0.2) is 0 Å². The molecule has 4 aromatic carbocycles. The average molecular weight is 625 g/mol. The molecular formula is C32H36N8O4Si. The number of para-hydroxylation sites is 4. The predicted molar refractivity (Wildman–Crippen MR) is 171 cm³/mol. The van der Waals surface area contributed by atoms with Crippen LogP contribution in [0, 0.1) is 27.7 Å². The second kappa shape index (κ2) is 14.9. The van der Waals surface area contributed by atoms with Gasteiger partial charge >= 0.3 is 8.72 Å². The van der Waals surface area contributed by atoms with E-state index in [0.717, 1.165) is 0 Å². The third-order valence-corrected chi connectivity index (χ3v) is 8.71. The molecule has 0 bridgehead atoms. The highest BCUT2D eigenvalue weighted by Gasteiger charge is 2.40. The number of benzene rings is 4. The summed E-state index contributed by atoms with van der Waals surface area (Å²) in [5.74, 6) is 0.420. The van der Waals surface area contributed by atoms with Gasteiger partial charge in [0.05, 0.1) is 26.2 Å². The molecule has 0 radical (unpaired) electrons. The number of nitrogens with zero attached hydrogens (tertiary/aromatic N) is 8. The van der Waals surface area contributed by atoms with Crippen LogP contribution in [-0.2, 0) is 26.2 Å². The van der Waals surface area contributed by atoms with E-state index in [1.165, 1.54) is 0 Å². The summed E-state index contributed by atoms with van der Waals surface area (Å²) >= 11 is 0. The first-order chi connectivity index (χ1) is 21.6. The van der Waals surface area contributed by atoms with Crippen molar-refractivity contribution < 1.29 is 20.4 Å². The van der Waals surface area contributed by atoms with E-state index in [0.29, 0.717) is 44.5 Å². The Bertz CT molecular complexity index is 1520. The van der Waals surface area contributed by atoms with Crippen LogP contribution >= 0.6 is 0 Å². The van der Waals surface area contributed by atoms with Gasteiger partial charge in [-0.05, 0) is 49.9 Å². The van der Waals surface area contributed by atoms with E-state index in [4.69, 9.17) is 0 Å². The van der Waals surface area contributed by atoms with Crippen molar-refractivity contribution in [3.05, 3.63) is 117 Å². The molecule has 0 spiro atoms. The third-order valence-electron chi connectivity index (χ3n) is 7.07. The zero-order valence-electron chi connectivity index (χ0n) is 25.6. The Balaban J connectivity index is 1.74. The van der Waals surface area contributed by atoms with Crippen molar-refractivity contribution in [1.82, 2.24) is 0 Å². The molecule has 0 unspecified atom stereocenters. The van der Waals surface area contributed by atoms with Crippen molar-refractivity contribution in [1.29, 1.82) is 0 Å². The van der Waals surface area contributed by atoms with Gasteiger partial charge in [-0.2, -0.15) is 39.6 Å². The molecule has 0 aromatic heterocycles. The van der Waals surface area contributed by atoms with Gasteiger partial charge in [-0.15, -0.1) is 0 Å². The number of aromatic hydroxyl groups is 4. The second-order valence-corrected chi connectivity index (χ2v) is 12.5. The summed E-state index contributed by atoms with van der Waals surface area (Å²) < 4.78 is 17.7. The topological polar surface area (TPSA) is 180 Å². The van der Waals surface area contributed by atoms with Crippen LogP contribution in [0.25, 0.3) is 0 Å². The molecule has 0 fully saturated rings. The SMILES string of the molecule is Cc1cccc(CN=N[Si](N=NCc2cccc(C)c2O)(N=NCc2cccc(C)c2O)N=NCc2cccc(C)c2O)c1O. The van der Waals surface area contributed by atoms with Crippen molar-refractivity contribution in [3.8, 4) is 23.0 Å². The summed E-state index contributed by atoms with van der Waals surface area (Å²) in [6.45, 7) is 7.19. The fourth-order valence-electron chi connectivity index (χ4n) is 4.33. The van der Waals surface area contributed by atoms with Gasteiger partial charge in [-0.1, -0.05) is 72.8 Å². The minimum absolute atomic E-state index is 0.0127. The lowest BCUT2D eigenvalue weighted by molar-refractivity contribution is 0.463. The lowest BCUT2D eigenvalue weighted by Crippen LogP contribution is -2.24. The predicted octanol–water partition coefficient (Wildman–Crippen LogP) is 8.09. The highest BCUT2D eigenvalue weighted by atomic mass is 28.4. The Morgan fingerprint density at radius 3 is 0.844 bits per heavy atom. The Kier molecular flexibility index (Phi) is 10.8. The number of phenols is 4. The van der Waals surface area contributed by atoms with Crippen molar-refractivity contribution in [3.63, 3.8) is 0 Å². The van der Waals surface area contributed by atoms with E-state index in [2.05, 4.69) is 39.6 Å². The van der Waals surface area contributed by atoms with Crippen LogP contribution in [0.1, 0.15) is 44.5 Å². The smallest absolute Gasteiger partial charge is 0.507 e. The Labute approximate surface area is 262 Å². The molecule has 0 amide bonds. The maximum atomic E-state index is 10.5. The first-order valence-corrected chi connectivity index (χ1v) is 16.0. The molecular weight excluding hydrogens is 588 g/mol. The molecule has 45 heavy (non-hydrogen) atoms. The second-order valence-electron chi connectivity index (χ2n) is 10.5. The van der Waals surface area contributed by atoms with Crippen LogP contribution in [0.3, 0.4) is 0 Å². The Morgan fingerprint density at radius 2 is 0.622 bits per heavy atom. The minimum Gasteiger partial charge on any atom is -0.507 e. The Hall–Kier alpha value is -5.30. The molecule has 4 N–H and O–H groups in total. The summed E-state index contributed by atoms with van der Waals surface area (Å²) in [6, 6.07) is 21.3. The van der Waals surface area contributed by atoms with Gasteiger partial charge in [0.1, 0.15) is 23.0 Å². The summed E-state index contributed by atoms with van der Waals surface area (Å²) in [4.78, 5) is 0. The fraction of sp³-hybridized carbons (Fsp3) is 0.250. The van der Waals surface area contributed by atoms with E-state index in [1.54, 1.807) is 100 Å². The molecule has 0 aliphatic carbocycles. The van der Waals surface area contributed by atoms with Gasteiger partial charge in [0.2, 0.25) is 0 Å². The molecule has 0 aliphatic heterocycles. The highest BCUT2D eigenvalue weighted by molar-refractivity contribution is 6.72. The van der Waals surface area contributed by atoms with Crippen LogP contribution in [0.15, 0.2) is 112 Å². The van der Waals surface area contributed by atoms with Crippen molar-refractivity contribution in [2.75, 3.05) is 0 Å². The molecule has 4 aromatic rings. The van der Waals surface area contributed by atoms with E-state index in [9.17, 15) is 20.4 Å². The zero-order valence-corrected chi connectivity index (χ0v) is 26.6. The molecule has 0 heterocycles. The molecule has 13 heteroatoms. The first kappa shape index (κ1) is 32.6. The Morgan fingerprint density at radius 1 is 0.400 bits per heavy atom. The van der Waals surface area contributed by atoms with Gasteiger partial charge < -0.3 is 20.4 Å². The van der Waals surface area contributed by atoms with Gasteiger partial charge in [0.25, 0.3) is 0 Å². The van der Waals surface area contributed by atoms with E-state index in [-0.39, 0.29) is 49.2 Å². The molecule has 0 saturated heterocycles. The molecule has 0 atom stereocenters. The van der Waals surface area contributed by atoms with E-state index in [1.807, 2.05) is 0 Å². The molecule has 232 valence electrons. The fourth-order valence-corrected chi connectivity index (χ4v) is 5.62. The van der Waals surface area contributed by atoms with Crippen molar-refractivity contribution in [2.45, 2.75) is 53.9 Å². The summed E-state index contributed by atoms with van der Waals surface area (Å²) in [5.41, 5.74) is 4.97. The normalized spacial score (nSPS) is 13.4. The number of phenolic OH excluding ortho intramolecular Hbond substituents is 4. The molecule has 4 rings (SSSR count). The highest BCUT2D eigenvalue weighted by Crippen LogP contribution is 2.27. The van der Waals surface area contributed by atoms with Crippen LogP contribution in [0.4, 0.5) is 0 Å². The van der Waals surface area contributed by atoms with Crippen LogP contribution < -0.4 is 0 Å². The van der Waals surface area contributed by atoms with E-state index < -0.39 is 8.72 Å². The summed E-state index contributed by atoms with van der Waals surface area (Å²) in [7, 11) is -4.03. The number of aryl methyl sites for hydroxylation is 4. The quantitative estimate of drug-likeness (QED) is 0.0919. The summed E-state index contributed by atoms with van der Waals surface area (Å²) in [6.07, 6.45) is 0. The maximum absolute atomic E-state index is 10.5. The molecule has 12 nitrogen and oxygen atoms in total. The lowest BCUT2D eigenvalue weighted by Gasteiger charge is -2.09. The summed E-state index contributed by atoms with van der Waals surface area (Å²) in [5, 5.41) is 59.2. The van der Waals surface area contributed by atoms with Crippen LogP contribution in [-0.4, -0.2) is 29.1 Å². The van der Waals surface area contributed by atoms with E-state index >= 15 is 0 Å². The van der Waals surface area contributed by atoms with Crippen molar-refractivity contribution >= 4 is 8.72 Å². The zero-order chi connectivity index (χ0) is 32.4. The maximum Gasteiger partial charge on any atom is 0.650 e.